The Bertz CT molecular complexity index is 239. The molecule has 16 heavy (non-hydrogen) atoms. The van der Waals surface area contributed by atoms with E-state index in [9.17, 15) is 9.59 Å². The van der Waals surface area contributed by atoms with Crippen molar-refractivity contribution in [3.8, 4) is 0 Å². The summed E-state index contributed by atoms with van der Waals surface area (Å²) in [5.74, 6) is -0.167. The summed E-state index contributed by atoms with van der Waals surface area (Å²) in [5.41, 5.74) is 0. The zero-order valence-corrected chi connectivity index (χ0v) is 9.75. The first-order valence-corrected chi connectivity index (χ1v) is 5.83. The van der Waals surface area contributed by atoms with Gasteiger partial charge < -0.3 is 15.4 Å². The second-order valence-corrected chi connectivity index (χ2v) is 4.06. The number of esters is 1. The van der Waals surface area contributed by atoms with Crippen molar-refractivity contribution in [1.29, 1.82) is 0 Å². The Kier molecular flexibility index (Phi) is 5.67. The first kappa shape index (κ1) is 12.8. The van der Waals surface area contributed by atoms with Crippen molar-refractivity contribution in [2.24, 2.45) is 0 Å². The van der Waals surface area contributed by atoms with E-state index in [-0.39, 0.29) is 12.0 Å². The highest BCUT2D eigenvalue weighted by atomic mass is 16.5. The van der Waals surface area contributed by atoms with Crippen molar-refractivity contribution in [2.75, 3.05) is 13.7 Å². The van der Waals surface area contributed by atoms with Gasteiger partial charge in [-0.3, -0.25) is 4.79 Å². The van der Waals surface area contributed by atoms with Crippen LogP contribution in [0.25, 0.3) is 0 Å². The maximum Gasteiger partial charge on any atom is 0.315 e. The predicted molar refractivity (Wildman–Crippen MR) is 60.0 cm³/mol. The van der Waals surface area contributed by atoms with Gasteiger partial charge in [0.05, 0.1) is 7.11 Å². The van der Waals surface area contributed by atoms with E-state index in [1.54, 1.807) is 0 Å². The number of carbonyl (C=O) groups is 2. The summed E-state index contributed by atoms with van der Waals surface area (Å²) in [6, 6.07) is 0.329. The largest absolute Gasteiger partial charge is 0.469 e. The van der Waals surface area contributed by atoms with Crippen molar-refractivity contribution >= 4 is 12.0 Å². The quantitative estimate of drug-likeness (QED) is 0.508. The molecule has 0 aliphatic heterocycles. The van der Waals surface area contributed by atoms with Crippen molar-refractivity contribution in [3.63, 3.8) is 0 Å². The number of methoxy groups -OCH3 is 1. The van der Waals surface area contributed by atoms with Gasteiger partial charge in [-0.15, -0.1) is 0 Å². The van der Waals surface area contributed by atoms with Crippen LogP contribution in [0.3, 0.4) is 0 Å². The third kappa shape index (κ3) is 6.27. The van der Waals surface area contributed by atoms with E-state index >= 15 is 0 Å². The van der Waals surface area contributed by atoms with E-state index in [1.807, 2.05) is 0 Å². The maximum atomic E-state index is 11.2. The van der Waals surface area contributed by atoms with E-state index in [0.29, 0.717) is 19.0 Å². The zero-order chi connectivity index (χ0) is 11.8. The van der Waals surface area contributed by atoms with Gasteiger partial charge in [-0.25, -0.2) is 4.79 Å². The predicted octanol–water partition coefficient (Wildman–Crippen LogP) is 1.18. The molecule has 2 amide bonds. The Morgan fingerprint density at radius 2 is 2.00 bits per heavy atom. The van der Waals surface area contributed by atoms with E-state index < -0.39 is 0 Å². The number of unbranched alkanes of at least 4 members (excludes halogenated alkanes) is 2. The first-order valence-electron chi connectivity index (χ1n) is 5.83. The summed E-state index contributed by atoms with van der Waals surface area (Å²) in [5, 5.41) is 5.64. The van der Waals surface area contributed by atoms with E-state index in [0.717, 1.165) is 32.1 Å². The van der Waals surface area contributed by atoms with Crippen LogP contribution in [0, 0.1) is 0 Å². The normalized spacial score (nSPS) is 14.3. The lowest BCUT2D eigenvalue weighted by atomic mass is 10.2. The summed E-state index contributed by atoms with van der Waals surface area (Å²) in [6.45, 7) is 0.666. The van der Waals surface area contributed by atoms with Crippen molar-refractivity contribution < 1.29 is 14.3 Å². The van der Waals surface area contributed by atoms with Crippen LogP contribution in [-0.4, -0.2) is 31.7 Å². The summed E-state index contributed by atoms with van der Waals surface area (Å²) in [7, 11) is 1.39. The van der Waals surface area contributed by atoms with Gasteiger partial charge in [0.15, 0.2) is 0 Å². The molecular weight excluding hydrogens is 208 g/mol. The molecule has 0 aromatic rings. The molecule has 1 rings (SSSR count). The highest BCUT2D eigenvalue weighted by Gasteiger charge is 2.22. The molecule has 0 atom stereocenters. The van der Waals surface area contributed by atoms with E-state index in [4.69, 9.17) is 0 Å². The SMILES string of the molecule is COC(=O)CCCCCNC(=O)NC1CC1. The Morgan fingerprint density at radius 3 is 2.62 bits per heavy atom. The molecule has 0 radical (unpaired) electrons. The van der Waals surface area contributed by atoms with Crippen LogP contribution in [0.2, 0.25) is 0 Å². The lowest BCUT2D eigenvalue weighted by molar-refractivity contribution is -0.140. The average Bonchev–Trinajstić information content (AvgIpc) is 3.06. The maximum absolute atomic E-state index is 11.2. The molecule has 0 unspecified atom stereocenters. The fourth-order valence-corrected chi connectivity index (χ4v) is 1.34. The number of amides is 2. The van der Waals surface area contributed by atoms with Crippen molar-refractivity contribution in [1.82, 2.24) is 10.6 Å². The van der Waals surface area contributed by atoms with Crippen molar-refractivity contribution in [3.05, 3.63) is 0 Å². The van der Waals surface area contributed by atoms with Gasteiger partial charge in [0.25, 0.3) is 0 Å². The van der Waals surface area contributed by atoms with Crippen LogP contribution >= 0.6 is 0 Å². The Balaban J connectivity index is 1.83. The summed E-state index contributed by atoms with van der Waals surface area (Å²) >= 11 is 0. The van der Waals surface area contributed by atoms with Crippen molar-refractivity contribution in [2.45, 2.75) is 44.6 Å². The smallest absolute Gasteiger partial charge is 0.315 e. The number of ether oxygens (including phenoxy) is 1. The van der Waals surface area contributed by atoms with E-state index in [2.05, 4.69) is 15.4 Å². The van der Waals surface area contributed by atoms with Crippen LogP contribution in [-0.2, 0) is 9.53 Å². The number of urea groups is 1. The first-order chi connectivity index (χ1) is 7.72. The molecule has 1 aliphatic carbocycles. The van der Waals surface area contributed by atoms with Gasteiger partial charge in [-0.05, 0) is 25.7 Å². The molecule has 0 bridgehead atoms. The third-order valence-corrected chi connectivity index (χ3v) is 2.48. The van der Waals surface area contributed by atoms with Gasteiger partial charge in [0.1, 0.15) is 0 Å². The Morgan fingerprint density at radius 1 is 1.25 bits per heavy atom. The second kappa shape index (κ2) is 7.09. The molecular formula is C11H20N2O3. The van der Waals surface area contributed by atoms with Crippen LogP contribution in [0.5, 0.6) is 0 Å². The highest BCUT2D eigenvalue weighted by Crippen LogP contribution is 2.18. The third-order valence-electron chi connectivity index (χ3n) is 2.48. The summed E-state index contributed by atoms with van der Waals surface area (Å²) in [4.78, 5) is 22.0. The number of rotatable bonds is 7. The molecule has 92 valence electrons. The molecule has 0 spiro atoms. The monoisotopic (exact) mass is 228 g/mol. The zero-order valence-electron chi connectivity index (χ0n) is 9.75. The molecule has 0 saturated heterocycles. The van der Waals surface area contributed by atoms with Crippen LogP contribution in [0.4, 0.5) is 4.79 Å². The molecule has 5 nitrogen and oxygen atoms in total. The number of carbonyl (C=O) groups excluding carboxylic acids is 2. The van der Waals surface area contributed by atoms with Crippen LogP contribution < -0.4 is 10.6 Å². The molecule has 0 aromatic heterocycles. The second-order valence-electron chi connectivity index (χ2n) is 4.06. The van der Waals surface area contributed by atoms with Gasteiger partial charge in [-0.2, -0.15) is 0 Å². The van der Waals surface area contributed by atoms with Gasteiger partial charge in [0.2, 0.25) is 0 Å². The Hall–Kier alpha value is -1.26. The fraction of sp³-hybridized carbons (Fsp3) is 0.818. The highest BCUT2D eigenvalue weighted by molar-refractivity contribution is 5.74. The number of hydrogen-bond donors (Lipinski definition) is 2. The standard InChI is InChI=1S/C11H20N2O3/c1-16-10(14)5-3-2-4-8-12-11(15)13-9-6-7-9/h9H,2-8H2,1H3,(H2,12,13,15). The van der Waals surface area contributed by atoms with E-state index in [1.165, 1.54) is 7.11 Å². The molecule has 1 fully saturated rings. The molecule has 1 saturated carbocycles. The number of hydrogen-bond acceptors (Lipinski definition) is 3. The summed E-state index contributed by atoms with van der Waals surface area (Å²) < 4.78 is 4.53. The van der Waals surface area contributed by atoms with Crippen LogP contribution in [0.1, 0.15) is 38.5 Å². The molecule has 0 aromatic carbocycles. The molecule has 2 N–H and O–H groups in total. The summed E-state index contributed by atoms with van der Waals surface area (Å²) in [6.07, 6.45) is 5.32. The minimum absolute atomic E-state index is 0.0736. The van der Waals surface area contributed by atoms with Crippen LogP contribution in [0.15, 0.2) is 0 Å². The molecule has 0 heterocycles. The Labute approximate surface area is 95.9 Å². The topological polar surface area (TPSA) is 67.4 Å². The van der Waals surface area contributed by atoms with Gasteiger partial charge in [-0.1, -0.05) is 6.42 Å². The molecule has 5 heteroatoms. The molecule has 1 aliphatic rings. The fourth-order valence-electron chi connectivity index (χ4n) is 1.34. The lowest BCUT2D eigenvalue weighted by Crippen LogP contribution is -2.37. The van der Waals surface area contributed by atoms with Gasteiger partial charge in [0, 0.05) is 19.0 Å². The van der Waals surface area contributed by atoms with Gasteiger partial charge >= 0.3 is 12.0 Å². The number of nitrogens with one attached hydrogen (secondary N) is 2. The minimum atomic E-state index is -0.167. The minimum Gasteiger partial charge on any atom is -0.469 e. The average molecular weight is 228 g/mol. The lowest BCUT2D eigenvalue weighted by Gasteiger charge is -2.05.